The second-order valence-electron chi connectivity index (χ2n) is 5.74. The quantitative estimate of drug-likeness (QED) is 0.571. The van der Waals surface area contributed by atoms with Crippen molar-refractivity contribution >= 4 is 17.4 Å². The summed E-state index contributed by atoms with van der Waals surface area (Å²) < 4.78 is 3.33. The average Bonchev–Trinajstić information content (AvgIpc) is 3.16. The minimum Gasteiger partial charge on any atom is -0.312 e. The van der Waals surface area contributed by atoms with Crippen LogP contribution in [0.5, 0.6) is 0 Å². The number of rotatable bonds is 4. The van der Waals surface area contributed by atoms with Gasteiger partial charge in [0.05, 0.1) is 5.69 Å². The second-order valence-corrected chi connectivity index (χ2v) is 6.68. The summed E-state index contributed by atoms with van der Waals surface area (Å²) in [6.07, 6.45) is 1.65. The Bertz CT molecular complexity index is 1100. The Morgan fingerprint density at radius 2 is 2.04 bits per heavy atom. The SMILES string of the molecule is Cc1[nH]n2c(=O)cc(CSc3nncn3C)nc2c1-c1ccccc1. The van der Waals surface area contributed by atoms with Gasteiger partial charge in [0, 0.05) is 30.1 Å². The fraction of sp³-hybridized carbons (Fsp3) is 0.176. The van der Waals surface area contributed by atoms with Crippen LogP contribution in [0.25, 0.3) is 16.8 Å². The maximum Gasteiger partial charge on any atom is 0.272 e. The number of H-pyrrole nitrogens is 1. The largest absolute Gasteiger partial charge is 0.312 e. The average molecular weight is 352 g/mol. The molecule has 3 aromatic heterocycles. The van der Waals surface area contributed by atoms with E-state index in [0.29, 0.717) is 17.1 Å². The first-order valence-corrected chi connectivity index (χ1v) is 8.75. The van der Waals surface area contributed by atoms with Gasteiger partial charge in [-0.05, 0) is 12.5 Å². The van der Waals surface area contributed by atoms with Gasteiger partial charge in [-0.25, -0.2) is 9.50 Å². The van der Waals surface area contributed by atoms with Crippen LogP contribution in [-0.4, -0.2) is 29.4 Å². The van der Waals surface area contributed by atoms with Crippen molar-refractivity contribution < 1.29 is 0 Å². The van der Waals surface area contributed by atoms with E-state index in [9.17, 15) is 4.79 Å². The maximum absolute atomic E-state index is 12.5. The minimum atomic E-state index is -0.121. The Labute approximate surface area is 147 Å². The van der Waals surface area contributed by atoms with Gasteiger partial charge in [0.25, 0.3) is 5.56 Å². The second kappa shape index (κ2) is 6.21. The van der Waals surface area contributed by atoms with E-state index in [1.54, 1.807) is 12.4 Å². The van der Waals surface area contributed by atoms with E-state index in [4.69, 9.17) is 4.98 Å². The molecule has 0 unspecified atom stereocenters. The van der Waals surface area contributed by atoms with Gasteiger partial charge in [-0.15, -0.1) is 10.2 Å². The molecule has 0 radical (unpaired) electrons. The molecule has 0 aliphatic rings. The summed E-state index contributed by atoms with van der Waals surface area (Å²) in [5.41, 5.74) is 4.13. The number of aryl methyl sites for hydroxylation is 2. The minimum absolute atomic E-state index is 0.121. The van der Waals surface area contributed by atoms with Crippen LogP contribution in [0.2, 0.25) is 0 Å². The lowest BCUT2D eigenvalue weighted by molar-refractivity contribution is 0.788. The summed E-state index contributed by atoms with van der Waals surface area (Å²) in [6.45, 7) is 1.95. The maximum atomic E-state index is 12.5. The van der Waals surface area contributed by atoms with Crippen LogP contribution >= 0.6 is 11.8 Å². The van der Waals surface area contributed by atoms with Gasteiger partial charge in [0.2, 0.25) is 0 Å². The molecule has 4 rings (SSSR count). The van der Waals surface area contributed by atoms with Crippen molar-refractivity contribution in [3.05, 3.63) is 64.5 Å². The third-order valence-electron chi connectivity index (χ3n) is 3.93. The zero-order chi connectivity index (χ0) is 17.4. The molecule has 0 amide bonds. The van der Waals surface area contributed by atoms with Crippen molar-refractivity contribution in [3.63, 3.8) is 0 Å². The number of nitrogens with one attached hydrogen (secondary N) is 1. The Morgan fingerprint density at radius 1 is 1.24 bits per heavy atom. The number of nitrogens with zero attached hydrogens (tertiary/aromatic N) is 5. The van der Waals surface area contributed by atoms with Crippen LogP contribution < -0.4 is 5.56 Å². The molecule has 1 N–H and O–H groups in total. The van der Waals surface area contributed by atoms with Crippen molar-refractivity contribution in [1.82, 2.24) is 29.4 Å². The highest BCUT2D eigenvalue weighted by Crippen LogP contribution is 2.27. The van der Waals surface area contributed by atoms with E-state index in [-0.39, 0.29) is 5.56 Å². The first-order chi connectivity index (χ1) is 12.1. The highest BCUT2D eigenvalue weighted by atomic mass is 32.2. The predicted octanol–water partition coefficient (Wildman–Crippen LogP) is 2.42. The summed E-state index contributed by atoms with van der Waals surface area (Å²) in [5, 5.41) is 11.8. The van der Waals surface area contributed by atoms with Gasteiger partial charge < -0.3 is 4.57 Å². The van der Waals surface area contributed by atoms with E-state index < -0.39 is 0 Å². The van der Waals surface area contributed by atoms with Crippen molar-refractivity contribution in [2.75, 3.05) is 0 Å². The molecular weight excluding hydrogens is 336 g/mol. The van der Waals surface area contributed by atoms with Crippen molar-refractivity contribution in [1.29, 1.82) is 0 Å². The van der Waals surface area contributed by atoms with E-state index >= 15 is 0 Å². The van der Waals surface area contributed by atoms with Crippen molar-refractivity contribution in [2.45, 2.75) is 17.8 Å². The zero-order valence-electron chi connectivity index (χ0n) is 13.8. The Balaban J connectivity index is 1.78. The molecule has 7 nitrogen and oxygen atoms in total. The van der Waals surface area contributed by atoms with E-state index in [2.05, 4.69) is 15.3 Å². The molecule has 0 saturated heterocycles. The summed E-state index contributed by atoms with van der Waals surface area (Å²) in [4.78, 5) is 17.2. The normalized spacial score (nSPS) is 11.3. The fourth-order valence-corrected chi connectivity index (χ4v) is 3.54. The first kappa shape index (κ1) is 15.6. The number of thioether (sulfide) groups is 1. The van der Waals surface area contributed by atoms with Crippen molar-refractivity contribution in [2.24, 2.45) is 7.05 Å². The lowest BCUT2D eigenvalue weighted by atomic mass is 10.1. The summed E-state index contributed by atoms with van der Waals surface area (Å²) in [6, 6.07) is 11.5. The molecule has 3 heterocycles. The van der Waals surface area contributed by atoms with E-state index in [0.717, 1.165) is 22.0 Å². The smallest absolute Gasteiger partial charge is 0.272 e. The van der Waals surface area contributed by atoms with Crippen LogP contribution in [0, 0.1) is 6.92 Å². The van der Waals surface area contributed by atoms with Crippen LogP contribution in [0.4, 0.5) is 0 Å². The monoisotopic (exact) mass is 352 g/mol. The number of aromatic nitrogens is 6. The Kier molecular flexibility index (Phi) is 3.89. The van der Waals surface area contributed by atoms with Gasteiger partial charge in [0.1, 0.15) is 6.33 Å². The van der Waals surface area contributed by atoms with Gasteiger partial charge in [0.15, 0.2) is 10.8 Å². The fourth-order valence-electron chi connectivity index (χ4n) is 2.76. The summed E-state index contributed by atoms with van der Waals surface area (Å²) >= 11 is 1.50. The molecule has 0 saturated carbocycles. The molecule has 0 aliphatic heterocycles. The third kappa shape index (κ3) is 2.85. The van der Waals surface area contributed by atoms with Crippen LogP contribution in [0.1, 0.15) is 11.4 Å². The first-order valence-electron chi connectivity index (χ1n) is 7.77. The molecule has 0 atom stereocenters. The summed E-state index contributed by atoms with van der Waals surface area (Å²) in [7, 11) is 1.89. The molecule has 4 aromatic rings. The van der Waals surface area contributed by atoms with Gasteiger partial charge in [-0.2, -0.15) is 0 Å². The van der Waals surface area contributed by atoms with Gasteiger partial charge >= 0.3 is 0 Å². The van der Waals surface area contributed by atoms with Crippen LogP contribution in [-0.2, 0) is 12.8 Å². The molecule has 1 aromatic carbocycles. The molecular formula is C17H16N6OS. The molecule has 0 fully saturated rings. The van der Waals surface area contributed by atoms with Crippen LogP contribution in [0.15, 0.2) is 52.7 Å². The molecule has 8 heteroatoms. The highest BCUT2D eigenvalue weighted by Gasteiger charge is 2.15. The van der Waals surface area contributed by atoms with Gasteiger partial charge in [-0.1, -0.05) is 42.1 Å². The highest BCUT2D eigenvalue weighted by molar-refractivity contribution is 7.98. The summed E-state index contributed by atoms with van der Waals surface area (Å²) in [5.74, 6) is 0.552. The van der Waals surface area contributed by atoms with E-state index in [1.807, 2.05) is 48.9 Å². The molecule has 25 heavy (non-hydrogen) atoms. The predicted molar refractivity (Wildman–Crippen MR) is 96.5 cm³/mol. The molecule has 0 aliphatic carbocycles. The Morgan fingerprint density at radius 3 is 2.76 bits per heavy atom. The molecule has 126 valence electrons. The van der Waals surface area contributed by atoms with Crippen LogP contribution in [0.3, 0.4) is 0 Å². The lowest BCUT2D eigenvalue weighted by Gasteiger charge is -2.03. The number of benzene rings is 1. The Hall–Kier alpha value is -2.87. The lowest BCUT2D eigenvalue weighted by Crippen LogP contribution is -2.15. The van der Waals surface area contributed by atoms with Gasteiger partial charge in [-0.3, -0.25) is 9.89 Å². The standard InChI is InChI=1S/C17H16N6OS/c1-11-15(12-6-4-3-5-7-12)16-19-13(8-14(24)23(16)21-11)9-25-17-20-18-10-22(17)2/h3-8,10,21H,9H2,1-2H3. The van der Waals surface area contributed by atoms with E-state index in [1.165, 1.54) is 16.3 Å². The molecule has 0 spiro atoms. The number of fused-ring (bicyclic) bond motifs is 1. The number of aromatic amines is 1. The zero-order valence-corrected chi connectivity index (χ0v) is 14.6. The molecule has 0 bridgehead atoms. The third-order valence-corrected chi connectivity index (χ3v) is 5.00. The number of hydrogen-bond donors (Lipinski definition) is 1. The number of hydrogen-bond acceptors (Lipinski definition) is 5. The topological polar surface area (TPSA) is 80.9 Å². The van der Waals surface area contributed by atoms with Crippen molar-refractivity contribution in [3.8, 4) is 11.1 Å².